The van der Waals surface area contributed by atoms with Gasteiger partial charge >= 0.3 is 0 Å². The largest absolute Gasteiger partial charge is 0.491 e. The van der Waals surface area contributed by atoms with Gasteiger partial charge in [-0.15, -0.1) is 0 Å². The second-order valence-corrected chi connectivity index (χ2v) is 8.13. The van der Waals surface area contributed by atoms with Gasteiger partial charge in [0.05, 0.1) is 6.54 Å². The van der Waals surface area contributed by atoms with Crippen LogP contribution < -0.4 is 4.74 Å². The zero-order chi connectivity index (χ0) is 20.5. The van der Waals surface area contributed by atoms with E-state index >= 15 is 0 Å². The summed E-state index contributed by atoms with van der Waals surface area (Å²) in [7, 11) is 2.10. The van der Waals surface area contributed by atoms with Crippen molar-refractivity contribution in [1.29, 1.82) is 0 Å². The van der Waals surface area contributed by atoms with E-state index < -0.39 is 6.10 Å². The van der Waals surface area contributed by atoms with Crippen LogP contribution in [-0.2, 0) is 19.6 Å². The smallest absolute Gasteiger partial charge is 0.122 e. The molecule has 1 aliphatic rings. The number of likely N-dealkylation sites (tertiary alicyclic amines) is 1. The van der Waals surface area contributed by atoms with E-state index in [9.17, 15) is 5.11 Å². The van der Waals surface area contributed by atoms with Crippen LogP contribution >= 0.6 is 0 Å². The third-order valence-corrected chi connectivity index (χ3v) is 5.51. The molecule has 160 valence electrons. The van der Waals surface area contributed by atoms with Gasteiger partial charge < -0.3 is 19.3 Å². The number of aliphatic hydroxyl groups is 1. The predicted molar refractivity (Wildman–Crippen MR) is 116 cm³/mol. The van der Waals surface area contributed by atoms with Crippen LogP contribution in [0.5, 0.6) is 5.75 Å². The molecule has 6 nitrogen and oxygen atoms in total. The molecule has 2 heterocycles. The second-order valence-electron chi connectivity index (χ2n) is 8.13. The number of hydrogen-bond donors (Lipinski definition) is 1. The SMILES string of the molecule is CCn1ccnc1CN(C)Cc1cccc(OCC(O)CN2CCCCCC2)c1. The molecule has 2 aromatic rings. The molecule has 1 aliphatic heterocycles. The Bertz CT molecular complexity index is 725. The maximum atomic E-state index is 10.4. The average Bonchev–Trinajstić information content (AvgIpc) is 2.99. The van der Waals surface area contributed by atoms with Gasteiger partial charge in [0.2, 0.25) is 0 Å². The first kappa shape index (κ1) is 21.8. The Morgan fingerprint density at radius 3 is 2.72 bits per heavy atom. The lowest BCUT2D eigenvalue weighted by Crippen LogP contribution is -2.36. The van der Waals surface area contributed by atoms with Gasteiger partial charge in [0, 0.05) is 32.0 Å². The molecule has 29 heavy (non-hydrogen) atoms. The van der Waals surface area contributed by atoms with Gasteiger partial charge in [-0.25, -0.2) is 4.98 Å². The molecule has 0 aliphatic carbocycles. The standard InChI is InChI=1S/C23H36N4O2/c1-3-27-14-11-24-23(27)18-25(2)16-20-9-8-10-22(15-20)29-19-21(28)17-26-12-6-4-5-7-13-26/h8-11,14-15,21,28H,3-7,12-13,16-19H2,1-2H3. The normalized spacial score (nSPS) is 16.7. The molecule has 1 fully saturated rings. The maximum absolute atomic E-state index is 10.4. The molecule has 0 amide bonds. The van der Waals surface area contributed by atoms with E-state index in [0.29, 0.717) is 13.2 Å². The van der Waals surface area contributed by atoms with Crippen molar-refractivity contribution >= 4 is 0 Å². The molecule has 3 rings (SSSR count). The first-order valence-corrected chi connectivity index (χ1v) is 10.9. The monoisotopic (exact) mass is 400 g/mol. The Balaban J connectivity index is 1.46. The van der Waals surface area contributed by atoms with Crippen molar-refractivity contribution < 1.29 is 9.84 Å². The van der Waals surface area contributed by atoms with E-state index in [-0.39, 0.29) is 0 Å². The minimum atomic E-state index is -0.452. The molecule has 0 radical (unpaired) electrons. The minimum absolute atomic E-state index is 0.337. The Morgan fingerprint density at radius 1 is 1.17 bits per heavy atom. The van der Waals surface area contributed by atoms with Crippen LogP contribution in [-0.4, -0.2) is 63.9 Å². The van der Waals surface area contributed by atoms with Gasteiger partial charge in [-0.1, -0.05) is 25.0 Å². The number of imidazole rings is 1. The lowest BCUT2D eigenvalue weighted by atomic mass is 10.2. The van der Waals surface area contributed by atoms with Crippen LogP contribution in [0.1, 0.15) is 44.0 Å². The molecule has 1 aromatic heterocycles. The van der Waals surface area contributed by atoms with Crippen LogP contribution in [0.3, 0.4) is 0 Å². The molecular weight excluding hydrogens is 364 g/mol. The van der Waals surface area contributed by atoms with E-state index in [4.69, 9.17) is 4.74 Å². The van der Waals surface area contributed by atoms with E-state index in [0.717, 1.165) is 44.3 Å². The number of nitrogens with zero attached hydrogens (tertiary/aromatic N) is 4. The van der Waals surface area contributed by atoms with Crippen molar-refractivity contribution in [2.24, 2.45) is 0 Å². The first-order valence-electron chi connectivity index (χ1n) is 10.9. The number of rotatable bonds is 10. The number of benzene rings is 1. The Morgan fingerprint density at radius 2 is 1.97 bits per heavy atom. The molecular formula is C23H36N4O2. The van der Waals surface area contributed by atoms with Crippen LogP contribution in [0, 0.1) is 0 Å². The van der Waals surface area contributed by atoms with Crippen molar-refractivity contribution in [3.05, 3.63) is 48.0 Å². The van der Waals surface area contributed by atoms with Crippen molar-refractivity contribution in [3.63, 3.8) is 0 Å². The van der Waals surface area contributed by atoms with E-state index in [1.54, 1.807) is 0 Å². The average molecular weight is 401 g/mol. The molecule has 1 atom stereocenters. The van der Waals surface area contributed by atoms with E-state index in [2.05, 4.69) is 45.5 Å². The van der Waals surface area contributed by atoms with E-state index in [1.807, 2.05) is 24.5 Å². The summed E-state index contributed by atoms with van der Waals surface area (Å²) in [4.78, 5) is 9.07. The fourth-order valence-electron chi connectivity index (χ4n) is 3.98. The number of aryl methyl sites for hydroxylation is 1. The van der Waals surface area contributed by atoms with Gasteiger partial charge in [-0.05, 0) is 57.6 Å². The fraction of sp³-hybridized carbons (Fsp3) is 0.609. The number of aromatic nitrogens is 2. The van der Waals surface area contributed by atoms with Gasteiger partial charge in [0.1, 0.15) is 24.3 Å². The summed E-state index contributed by atoms with van der Waals surface area (Å²) >= 11 is 0. The molecule has 0 spiro atoms. The zero-order valence-corrected chi connectivity index (χ0v) is 18.0. The van der Waals surface area contributed by atoms with Crippen molar-refractivity contribution in [3.8, 4) is 5.75 Å². The summed E-state index contributed by atoms with van der Waals surface area (Å²) in [5, 5.41) is 10.4. The summed E-state index contributed by atoms with van der Waals surface area (Å²) in [5.74, 6) is 1.90. The Labute approximate surface area is 175 Å². The summed E-state index contributed by atoms with van der Waals surface area (Å²) in [6.45, 7) is 7.92. The molecule has 1 aromatic carbocycles. The van der Waals surface area contributed by atoms with Gasteiger partial charge in [0.15, 0.2) is 0 Å². The van der Waals surface area contributed by atoms with Crippen molar-refractivity contribution in [1.82, 2.24) is 19.4 Å². The number of hydrogen-bond acceptors (Lipinski definition) is 5. The Kier molecular flexibility index (Phi) is 8.52. The number of aliphatic hydroxyl groups excluding tert-OH is 1. The van der Waals surface area contributed by atoms with Crippen LogP contribution in [0.2, 0.25) is 0 Å². The minimum Gasteiger partial charge on any atom is -0.491 e. The quantitative estimate of drug-likeness (QED) is 0.664. The molecule has 6 heteroatoms. The van der Waals surface area contributed by atoms with Crippen LogP contribution in [0.25, 0.3) is 0 Å². The zero-order valence-electron chi connectivity index (χ0n) is 18.0. The second kappa shape index (κ2) is 11.3. The maximum Gasteiger partial charge on any atom is 0.122 e. The summed E-state index contributed by atoms with van der Waals surface area (Å²) in [6.07, 6.45) is 8.53. The third kappa shape index (κ3) is 7.14. The topological polar surface area (TPSA) is 53.8 Å². The molecule has 1 N–H and O–H groups in total. The highest BCUT2D eigenvalue weighted by Gasteiger charge is 2.14. The summed E-state index contributed by atoms with van der Waals surface area (Å²) in [5.41, 5.74) is 1.20. The van der Waals surface area contributed by atoms with Gasteiger partial charge in [-0.3, -0.25) is 4.90 Å². The third-order valence-electron chi connectivity index (χ3n) is 5.51. The summed E-state index contributed by atoms with van der Waals surface area (Å²) < 4.78 is 8.06. The molecule has 1 saturated heterocycles. The molecule has 0 saturated carbocycles. The molecule has 1 unspecified atom stereocenters. The highest BCUT2D eigenvalue weighted by molar-refractivity contribution is 5.28. The lowest BCUT2D eigenvalue weighted by Gasteiger charge is -2.23. The lowest BCUT2D eigenvalue weighted by molar-refractivity contribution is 0.0693. The Hall–Kier alpha value is -1.89. The highest BCUT2D eigenvalue weighted by atomic mass is 16.5. The van der Waals surface area contributed by atoms with Crippen LogP contribution in [0.4, 0.5) is 0 Å². The van der Waals surface area contributed by atoms with Crippen molar-refractivity contribution in [2.75, 3.05) is 33.3 Å². The molecule has 0 bridgehead atoms. The fourth-order valence-corrected chi connectivity index (χ4v) is 3.98. The van der Waals surface area contributed by atoms with Gasteiger partial charge in [-0.2, -0.15) is 0 Å². The predicted octanol–water partition coefficient (Wildman–Crippen LogP) is 3.15. The van der Waals surface area contributed by atoms with Crippen LogP contribution in [0.15, 0.2) is 36.7 Å². The highest BCUT2D eigenvalue weighted by Crippen LogP contribution is 2.16. The van der Waals surface area contributed by atoms with E-state index in [1.165, 1.54) is 31.2 Å². The van der Waals surface area contributed by atoms with Crippen molar-refractivity contribution in [2.45, 2.75) is 58.3 Å². The first-order chi connectivity index (χ1) is 14.1. The number of β-amino-alcohol motifs (C(OH)–C–C–N with tert-alkyl or cyclic N) is 1. The van der Waals surface area contributed by atoms with Gasteiger partial charge in [0.25, 0.3) is 0 Å². The number of ether oxygens (including phenoxy) is 1. The summed E-state index contributed by atoms with van der Waals surface area (Å²) in [6, 6.07) is 8.17.